The molecule has 1 fully saturated rings. The second-order valence-electron chi connectivity index (χ2n) is 4.19. The molecule has 1 heterocycles. The van der Waals surface area contributed by atoms with Crippen molar-refractivity contribution in [3.05, 3.63) is 0 Å². The molecule has 0 radical (unpaired) electrons. The van der Waals surface area contributed by atoms with E-state index in [1.54, 1.807) is 6.92 Å². The Morgan fingerprint density at radius 2 is 1.94 bits per heavy atom. The largest absolute Gasteiger partial charge is 0.281 e. The molecule has 0 atom stereocenters. The summed E-state index contributed by atoms with van der Waals surface area (Å²) < 4.78 is 0. The summed E-state index contributed by atoms with van der Waals surface area (Å²) in [5.74, 6) is 5.62. The lowest BCUT2D eigenvalue weighted by Crippen LogP contribution is -2.35. The average Bonchev–Trinajstić information content (AvgIpc) is 2.53. The van der Waals surface area contributed by atoms with Crippen LogP contribution in [0.3, 0.4) is 0 Å². The third-order valence-corrected chi connectivity index (χ3v) is 3.48. The third-order valence-electron chi connectivity index (χ3n) is 3.48. The Kier molecular flexibility index (Phi) is 4.12. The zero-order valence-electron chi connectivity index (χ0n) is 10.3. The van der Waals surface area contributed by atoms with Crippen LogP contribution < -0.4 is 0 Å². The van der Waals surface area contributed by atoms with Crippen molar-refractivity contribution < 1.29 is 9.59 Å². The molecule has 88 valence electrons. The van der Waals surface area contributed by atoms with Crippen LogP contribution in [0.2, 0.25) is 0 Å². The Bertz CT molecular complexity index is 345. The summed E-state index contributed by atoms with van der Waals surface area (Å²) in [5, 5.41) is 0. The Morgan fingerprint density at radius 3 is 2.38 bits per heavy atom. The second-order valence-corrected chi connectivity index (χ2v) is 4.19. The maximum Gasteiger partial charge on any atom is 0.235 e. The first-order valence-corrected chi connectivity index (χ1v) is 5.85. The number of hydrogen-bond acceptors (Lipinski definition) is 2. The molecule has 0 spiro atoms. The van der Waals surface area contributed by atoms with Crippen LogP contribution in [-0.2, 0) is 9.59 Å². The Morgan fingerprint density at radius 1 is 1.31 bits per heavy atom. The molecule has 0 unspecified atom stereocenters. The van der Waals surface area contributed by atoms with Crippen LogP contribution in [0.4, 0.5) is 0 Å². The highest BCUT2D eigenvalue weighted by atomic mass is 16.2. The molecular weight excluding hydrogens is 202 g/mol. The maximum absolute atomic E-state index is 12.2. The molecule has 2 amide bonds. The van der Waals surface area contributed by atoms with Crippen LogP contribution in [-0.4, -0.2) is 23.3 Å². The van der Waals surface area contributed by atoms with E-state index in [0.717, 1.165) is 12.8 Å². The topological polar surface area (TPSA) is 37.4 Å². The second kappa shape index (κ2) is 5.16. The van der Waals surface area contributed by atoms with Gasteiger partial charge in [-0.2, -0.15) is 0 Å². The predicted octanol–water partition coefficient (Wildman–Crippen LogP) is 1.97. The van der Waals surface area contributed by atoms with Crippen molar-refractivity contribution in [2.45, 2.75) is 46.5 Å². The SMILES string of the molecule is CC#CCCN1C(=O)CC(CC)(CC)C1=O. The van der Waals surface area contributed by atoms with Crippen LogP contribution in [0.15, 0.2) is 0 Å². The number of amides is 2. The summed E-state index contributed by atoms with van der Waals surface area (Å²) in [6, 6.07) is 0. The van der Waals surface area contributed by atoms with Gasteiger partial charge in [0.05, 0.1) is 5.41 Å². The number of imide groups is 1. The van der Waals surface area contributed by atoms with E-state index >= 15 is 0 Å². The maximum atomic E-state index is 12.2. The Labute approximate surface area is 97.2 Å². The highest BCUT2D eigenvalue weighted by Gasteiger charge is 2.48. The smallest absolute Gasteiger partial charge is 0.235 e. The van der Waals surface area contributed by atoms with Crippen LogP contribution in [0.25, 0.3) is 0 Å². The Balaban J connectivity index is 2.77. The van der Waals surface area contributed by atoms with E-state index in [4.69, 9.17) is 0 Å². The molecule has 0 aromatic heterocycles. The minimum absolute atomic E-state index is 0.000373. The van der Waals surface area contributed by atoms with Gasteiger partial charge >= 0.3 is 0 Å². The van der Waals surface area contributed by atoms with Crippen molar-refractivity contribution in [3.8, 4) is 11.8 Å². The highest BCUT2D eigenvalue weighted by molar-refractivity contribution is 6.05. The minimum Gasteiger partial charge on any atom is -0.281 e. The fraction of sp³-hybridized carbons (Fsp3) is 0.692. The molecule has 1 rings (SSSR count). The van der Waals surface area contributed by atoms with Crippen molar-refractivity contribution in [1.29, 1.82) is 0 Å². The summed E-state index contributed by atoms with van der Waals surface area (Å²) in [6.07, 6.45) is 2.43. The molecule has 0 aromatic rings. The van der Waals surface area contributed by atoms with Crippen LogP contribution in [0.1, 0.15) is 46.5 Å². The van der Waals surface area contributed by atoms with Gasteiger partial charge in [0.1, 0.15) is 0 Å². The zero-order valence-corrected chi connectivity index (χ0v) is 10.3. The molecule has 1 aliphatic heterocycles. The van der Waals surface area contributed by atoms with Gasteiger partial charge < -0.3 is 0 Å². The fourth-order valence-corrected chi connectivity index (χ4v) is 2.18. The molecule has 0 aromatic carbocycles. The van der Waals surface area contributed by atoms with Gasteiger partial charge in [0.15, 0.2) is 0 Å². The summed E-state index contributed by atoms with van der Waals surface area (Å²) >= 11 is 0. The van der Waals surface area contributed by atoms with Gasteiger partial charge in [-0.05, 0) is 19.8 Å². The van der Waals surface area contributed by atoms with Gasteiger partial charge in [-0.15, -0.1) is 11.8 Å². The minimum atomic E-state index is -0.434. The lowest BCUT2D eigenvalue weighted by Gasteiger charge is -2.23. The van der Waals surface area contributed by atoms with Crippen molar-refractivity contribution in [3.63, 3.8) is 0 Å². The van der Waals surface area contributed by atoms with E-state index in [1.165, 1.54) is 4.90 Å². The molecule has 0 saturated carbocycles. The average molecular weight is 221 g/mol. The molecule has 0 bridgehead atoms. The van der Waals surface area contributed by atoms with Crippen molar-refractivity contribution >= 4 is 11.8 Å². The van der Waals surface area contributed by atoms with Crippen LogP contribution in [0, 0.1) is 17.3 Å². The van der Waals surface area contributed by atoms with E-state index in [-0.39, 0.29) is 11.8 Å². The number of carbonyl (C=O) groups is 2. The van der Waals surface area contributed by atoms with Gasteiger partial charge in [-0.1, -0.05) is 13.8 Å². The summed E-state index contributed by atoms with van der Waals surface area (Å²) in [7, 11) is 0. The summed E-state index contributed by atoms with van der Waals surface area (Å²) in [6.45, 7) is 6.16. The molecule has 0 N–H and O–H groups in total. The van der Waals surface area contributed by atoms with Crippen molar-refractivity contribution in [2.75, 3.05) is 6.54 Å². The zero-order chi connectivity index (χ0) is 12.2. The van der Waals surface area contributed by atoms with E-state index in [2.05, 4.69) is 11.8 Å². The predicted molar refractivity (Wildman–Crippen MR) is 62.4 cm³/mol. The molecule has 3 nitrogen and oxygen atoms in total. The lowest BCUT2D eigenvalue weighted by molar-refractivity contribution is -0.141. The van der Waals surface area contributed by atoms with Crippen molar-refractivity contribution in [1.82, 2.24) is 4.90 Å². The lowest BCUT2D eigenvalue weighted by atomic mass is 9.81. The van der Waals surface area contributed by atoms with E-state index < -0.39 is 5.41 Å². The molecule has 3 heteroatoms. The molecule has 1 saturated heterocycles. The van der Waals surface area contributed by atoms with Crippen LogP contribution >= 0.6 is 0 Å². The van der Waals surface area contributed by atoms with Gasteiger partial charge in [0.25, 0.3) is 0 Å². The molecule has 16 heavy (non-hydrogen) atoms. The van der Waals surface area contributed by atoms with Crippen LogP contribution in [0.5, 0.6) is 0 Å². The number of hydrogen-bond donors (Lipinski definition) is 0. The summed E-state index contributed by atoms with van der Waals surface area (Å²) in [5.41, 5.74) is -0.434. The first-order chi connectivity index (χ1) is 7.61. The quantitative estimate of drug-likeness (QED) is 0.537. The van der Waals surface area contributed by atoms with Gasteiger partial charge in [0, 0.05) is 19.4 Å². The van der Waals surface area contributed by atoms with Crippen molar-refractivity contribution in [2.24, 2.45) is 5.41 Å². The fourth-order valence-electron chi connectivity index (χ4n) is 2.18. The first-order valence-electron chi connectivity index (χ1n) is 5.85. The molecule has 1 aliphatic rings. The van der Waals surface area contributed by atoms with Gasteiger partial charge in [-0.25, -0.2) is 0 Å². The van der Waals surface area contributed by atoms with Gasteiger partial charge in [0.2, 0.25) is 11.8 Å². The van der Waals surface area contributed by atoms with E-state index in [0.29, 0.717) is 19.4 Å². The monoisotopic (exact) mass is 221 g/mol. The number of rotatable bonds is 4. The normalized spacial score (nSPS) is 18.6. The standard InChI is InChI=1S/C13H19NO2/c1-4-7-8-9-14-11(15)10-13(5-2,6-3)12(14)16/h5-6,8-10H2,1-3H3. The highest BCUT2D eigenvalue weighted by Crippen LogP contribution is 2.38. The first kappa shape index (κ1) is 12.8. The van der Waals surface area contributed by atoms with Gasteiger partial charge in [-0.3, -0.25) is 14.5 Å². The Hall–Kier alpha value is -1.30. The third kappa shape index (κ3) is 2.11. The van der Waals surface area contributed by atoms with E-state index in [9.17, 15) is 9.59 Å². The van der Waals surface area contributed by atoms with E-state index in [1.807, 2.05) is 13.8 Å². The molecule has 0 aliphatic carbocycles. The summed E-state index contributed by atoms with van der Waals surface area (Å²) in [4.78, 5) is 25.3. The number of nitrogens with zero attached hydrogens (tertiary/aromatic N) is 1. The molecular formula is C13H19NO2. The number of likely N-dealkylation sites (tertiary alicyclic amines) is 1. The number of carbonyl (C=O) groups excluding carboxylic acids is 2.